The topological polar surface area (TPSA) is 64.3 Å². The number of aliphatic hydroxyl groups excluding tert-OH is 2. The summed E-state index contributed by atoms with van der Waals surface area (Å²) in [5.41, 5.74) is 6.40. The summed E-state index contributed by atoms with van der Waals surface area (Å²) in [5.74, 6) is 0. The minimum atomic E-state index is -0.843. The molecule has 0 bridgehead atoms. The van der Waals surface area contributed by atoms with Crippen LogP contribution in [0.5, 0.6) is 0 Å². The quantitative estimate of drug-likeness (QED) is 0.378. The van der Waals surface area contributed by atoms with Crippen molar-refractivity contribution in [3.63, 3.8) is 0 Å². The van der Waals surface area contributed by atoms with Gasteiger partial charge >= 0.3 is 51.4 Å². The third kappa shape index (κ3) is 7.52. The summed E-state index contributed by atoms with van der Waals surface area (Å²) in [4.78, 5) is 0. The smallest absolute Gasteiger partial charge is 0.675 e. The molecule has 0 saturated heterocycles. The van der Waals surface area contributed by atoms with Gasteiger partial charge in [-0.05, 0) is 0 Å². The number of aliphatic hydroxyl groups is 2. The van der Waals surface area contributed by atoms with Crippen LogP contribution < -0.4 is 51.4 Å². The first-order chi connectivity index (χ1) is 2.81. The van der Waals surface area contributed by atoms with Crippen molar-refractivity contribution in [3.05, 3.63) is 5.73 Å². The molecule has 3 N–H and O–H groups in total. The Bertz CT molecular complexity index is 32.1. The summed E-state index contributed by atoms with van der Waals surface area (Å²) in [6, 6.07) is 0. The summed E-state index contributed by atoms with van der Waals surface area (Å²) < 4.78 is 0. The van der Waals surface area contributed by atoms with Crippen molar-refractivity contribution in [1.82, 2.24) is 0 Å². The van der Waals surface area contributed by atoms with E-state index in [4.69, 9.17) is 15.9 Å². The van der Waals surface area contributed by atoms with E-state index in [0.717, 1.165) is 0 Å². The molecule has 3 nitrogen and oxygen atoms in total. The Hall–Kier alpha value is 1.52. The minimum Gasteiger partial charge on any atom is -0.675 e. The van der Waals surface area contributed by atoms with Crippen molar-refractivity contribution in [2.45, 2.75) is 6.10 Å². The Balaban J connectivity index is 0. The van der Waals surface area contributed by atoms with Crippen LogP contribution in [0.3, 0.4) is 0 Å². The Labute approximate surface area is 85.3 Å². The zero-order chi connectivity index (χ0) is 4.99. The van der Waals surface area contributed by atoms with Gasteiger partial charge in [0.25, 0.3) is 0 Å². The maximum absolute atomic E-state index is 8.23. The second-order valence-electron chi connectivity index (χ2n) is 1.04. The first-order valence-electron chi connectivity index (χ1n) is 1.74. The second kappa shape index (κ2) is 7.52. The molecule has 0 heterocycles. The molecule has 0 aromatic carbocycles. The predicted molar refractivity (Wildman–Crippen MR) is 22.3 cm³/mol. The van der Waals surface area contributed by atoms with E-state index < -0.39 is 6.10 Å². The molecule has 0 aliphatic heterocycles. The van der Waals surface area contributed by atoms with Gasteiger partial charge in [-0.25, -0.2) is 0 Å². The molecule has 0 fully saturated rings. The van der Waals surface area contributed by atoms with Crippen molar-refractivity contribution in [2.24, 2.45) is 0 Å². The zero-order valence-electron chi connectivity index (χ0n) is 4.39. The van der Waals surface area contributed by atoms with E-state index in [-0.39, 0.29) is 64.5 Å². The molecule has 0 aliphatic rings. The Morgan fingerprint density at radius 3 is 2.00 bits per heavy atom. The van der Waals surface area contributed by atoms with Gasteiger partial charge in [0.1, 0.15) is 0 Å². The molecule has 0 spiro atoms. The van der Waals surface area contributed by atoms with Crippen molar-refractivity contribution in [2.75, 3.05) is 13.2 Å². The van der Waals surface area contributed by atoms with Gasteiger partial charge in [-0.15, -0.1) is 6.54 Å². The van der Waals surface area contributed by atoms with E-state index in [1.165, 1.54) is 0 Å². The number of rotatable bonds is 2. The fraction of sp³-hybridized carbons (Fsp3) is 1.00. The van der Waals surface area contributed by atoms with Crippen molar-refractivity contribution in [1.29, 1.82) is 0 Å². The Morgan fingerprint density at radius 2 is 2.00 bits per heavy atom. The fourth-order valence-corrected chi connectivity index (χ4v) is 0.0645. The number of nitrogens with one attached hydrogen (secondary N) is 1. The molecule has 1 unspecified atom stereocenters. The van der Waals surface area contributed by atoms with Gasteiger partial charge in [-0.2, -0.15) is 0 Å². The summed E-state index contributed by atoms with van der Waals surface area (Å²) in [6.07, 6.45) is -0.843. The molecule has 38 valence electrons. The molecule has 7 heavy (non-hydrogen) atoms. The van der Waals surface area contributed by atoms with Crippen LogP contribution in [0.25, 0.3) is 5.73 Å². The maximum atomic E-state index is 8.23. The number of hydrogen-bond donors (Lipinski definition) is 2. The molecule has 0 aromatic heterocycles. The fourth-order valence-electron chi connectivity index (χ4n) is 0.0645. The molecular formula is C3H8KNO2. The van der Waals surface area contributed by atoms with E-state index in [2.05, 4.69) is 0 Å². The van der Waals surface area contributed by atoms with E-state index in [0.29, 0.717) is 0 Å². The SMILES string of the molecule is [K+].[NH-]CC(O)CO. The zero-order valence-corrected chi connectivity index (χ0v) is 7.51. The van der Waals surface area contributed by atoms with Crippen molar-refractivity contribution >= 4 is 0 Å². The average Bonchev–Trinajstić information content (AvgIpc) is 1.65. The van der Waals surface area contributed by atoms with Crippen LogP contribution in [0.1, 0.15) is 0 Å². The van der Waals surface area contributed by atoms with Gasteiger partial charge in [0, 0.05) is 0 Å². The summed E-state index contributed by atoms with van der Waals surface area (Å²) in [5, 5.41) is 16.2. The van der Waals surface area contributed by atoms with E-state index in [9.17, 15) is 0 Å². The van der Waals surface area contributed by atoms with Gasteiger partial charge in [-0.1, -0.05) is 0 Å². The van der Waals surface area contributed by atoms with Crippen molar-refractivity contribution < 1.29 is 61.6 Å². The molecule has 0 amide bonds. The van der Waals surface area contributed by atoms with E-state index in [1.807, 2.05) is 0 Å². The molecule has 0 saturated carbocycles. The largest absolute Gasteiger partial charge is 1.00 e. The predicted octanol–water partition coefficient (Wildman–Crippen LogP) is -3.60. The Kier molecular flexibility index (Phi) is 12.2. The van der Waals surface area contributed by atoms with Crippen LogP contribution in [0.2, 0.25) is 0 Å². The Morgan fingerprint density at radius 1 is 1.57 bits per heavy atom. The van der Waals surface area contributed by atoms with Crippen LogP contribution in [-0.2, 0) is 0 Å². The van der Waals surface area contributed by atoms with Crippen LogP contribution in [-0.4, -0.2) is 29.5 Å². The van der Waals surface area contributed by atoms with Gasteiger partial charge < -0.3 is 15.9 Å². The van der Waals surface area contributed by atoms with Gasteiger partial charge in [0.05, 0.1) is 12.7 Å². The molecule has 0 rings (SSSR count). The van der Waals surface area contributed by atoms with Crippen molar-refractivity contribution in [3.8, 4) is 0 Å². The summed E-state index contributed by atoms with van der Waals surface area (Å²) in [7, 11) is 0. The van der Waals surface area contributed by atoms with Crippen LogP contribution in [0, 0.1) is 0 Å². The minimum absolute atomic E-state index is 0. The van der Waals surface area contributed by atoms with E-state index >= 15 is 0 Å². The van der Waals surface area contributed by atoms with Gasteiger partial charge in [-0.3, -0.25) is 0 Å². The molecule has 1 atom stereocenters. The first kappa shape index (κ1) is 11.3. The first-order valence-corrected chi connectivity index (χ1v) is 1.74. The van der Waals surface area contributed by atoms with Gasteiger partial charge in [0.2, 0.25) is 0 Å². The normalized spacial score (nSPS) is 12.4. The third-order valence-electron chi connectivity index (χ3n) is 0.446. The van der Waals surface area contributed by atoms with Gasteiger partial charge in [0.15, 0.2) is 0 Å². The third-order valence-corrected chi connectivity index (χ3v) is 0.446. The standard InChI is InChI=1S/C3H8NO2.K/c4-1-3(6)2-5;/h3-6H,1-2H2;/q-1;+1. The van der Waals surface area contributed by atoms with E-state index in [1.54, 1.807) is 0 Å². The molecule has 0 radical (unpaired) electrons. The molecule has 0 aromatic rings. The summed E-state index contributed by atoms with van der Waals surface area (Å²) >= 11 is 0. The molecule has 4 heteroatoms. The average molecular weight is 129 g/mol. The molecular weight excluding hydrogens is 121 g/mol. The van der Waals surface area contributed by atoms with Crippen LogP contribution >= 0.6 is 0 Å². The van der Waals surface area contributed by atoms with Crippen LogP contribution in [0.4, 0.5) is 0 Å². The number of hydrogen-bond acceptors (Lipinski definition) is 2. The second-order valence-corrected chi connectivity index (χ2v) is 1.04. The monoisotopic (exact) mass is 129 g/mol. The summed E-state index contributed by atoms with van der Waals surface area (Å²) in [6.45, 7) is -0.417. The molecule has 0 aliphatic carbocycles. The maximum Gasteiger partial charge on any atom is 1.00 e. The van der Waals surface area contributed by atoms with Crippen LogP contribution in [0.15, 0.2) is 0 Å².